The molecule has 0 radical (unpaired) electrons. The fraction of sp³-hybridized carbons (Fsp3) is 0.615. The van der Waals surface area contributed by atoms with Crippen molar-refractivity contribution in [3.63, 3.8) is 0 Å². The van der Waals surface area contributed by atoms with Crippen LogP contribution in [-0.4, -0.2) is 104 Å². The minimum absolute atomic E-state index is 0.0144. The molecule has 4 amide bonds. The van der Waals surface area contributed by atoms with Gasteiger partial charge in [-0.1, -0.05) is 0 Å². The summed E-state index contributed by atoms with van der Waals surface area (Å²) in [4.78, 5) is 55.5. The molecule has 3 fully saturated rings. The van der Waals surface area contributed by atoms with Crippen molar-refractivity contribution in [3.05, 3.63) is 35.6 Å². The predicted octanol–water partition coefficient (Wildman–Crippen LogP) is -0.212. The van der Waals surface area contributed by atoms with Crippen molar-refractivity contribution in [1.29, 1.82) is 0 Å². The second-order valence-electron chi connectivity index (χ2n) is 10.1. The average molecular weight is 534 g/mol. The molecule has 2 atom stereocenters. The zero-order valence-electron chi connectivity index (χ0n) is 21.5. The number of nitrogens with zero attached hydrogens (tertiary/aromatic N) is 2. The SMILES string of the molecule is N[C@@H]1CCN2C(=O)CC3(CCN(C(=O)c4ccc(F)cc4)CC3)NC(=O)COCCOCCNC(=O)[C@@H]2C1. The van der Waals surface area contributed by atoms with Crippen molar-refractivity contribution in [2.75, 3.05) is 52.6 Å². The first-order valence-corrected chi connectivity index (χ1v) is 13.1. The van der Waals surface area contributed by atoms with Crippen molar-refractivity contribution in [2.45, 2.75) is 49.7 Å². The number of carbonyl (C=O) groups excluding carboxylic acids is 4. The molecule has 208 valence electrons. The van der Waals surface area contributed by atoms with Gasteiger partial charge in [0.25, 0.3) is 5.91 Å². The lowest BCUT2D eigenvalue weighted by molar-refractivity contribution is -0.145. The lowest BCUT2D eigenvalue weighted by Crippen LogP contribution is -2.61. The average Bonchev–Trinajstić information content (AvgIpc) is 2.90. The third-order valence-electron chi connectivity index (χ3n) is 7.41. The van der Waals surface area contributed by atoms with E-state index in [0.29, 0.717) is 50.9 Å². The van der Waals surface area contributed by atoms with Gasteiger partial charge in [0.2, 0.25) is 17.7 Å². The number of amides is 4. The van der Waals surface area contributed by atoms with Gasteiger partial charge in [0.15, 0.2) is 0 Å². The second kappa shape index (κ2) is 12.6. The Morgan fingerprint density at radius 3 is 2.47 bits per heavy atom. The van der Waals surface area contributed by atoms with E-state index in [4.69, 9.17) is 15.2 Å². The van der Waals surface area contributed by atoms with Crippen LogP contribution in [0.5, 0.6) is 0 Å². The highest BCUT2D eigenvalue weighted by Gasteiger charge is 2.43. The van der Waals surface area contributed by atoms with Crippen LogP contribution >= 0.6 is 0 Å². The molecule has 0 aromatic heterocycles. The Bertz CT molecular complexity index is 1010. The molecule has 1 spiro atoms. The van der Waals surface area contributed by atoms with Crippen molar-refractivity contribution < 1.29 is 33.0 Å². The van der Waals surface area contributed by atoms with Crippen LogP contribution in [0.3, 0.4) is 0 Å². The predicted molar refractivity (Wildman–Crippen MR) is 134 cm³/mol. The number of carbonyl (C=O) groups is 4. The van der Waals surface area contributed by atoms with E-state index < -0.39 is 17.4 Å². The molecule has 0 aliphatic carbocycles. The first kappa shape index (κ1) is 27.9. The van der Waals surface area contributed by atoms with Gasteiger partial charge in [-0.3, -0.25) is 19.2 Å². The van der Waals surface area contributed by atoms with Crippen molar-refractivity contribution >= 4 is 23.6 Å². The number of rotatable bonds is 1. The van der Waals surface area contributed by atoms with Crippen molar-refractivity contribution in [3.8, 4) is 0 Å². The quantitative estimate of drug-likeness (QED) is 0.453. The van der Waals surface area contributed by atoms with Crippen LogP contribution in [0.15, 0.2) is 24.3 Å². The summed E-state index contributed by atoms with van der Waals surface area (Å²) in [5, 5.41) is 5.83. The van der Waals surface area contributed by atoms with E-state index in [1.165, 1.54) is 24.3 Å². The number of benzene rings is 1. The van der Waals surface area contributed by atoms with Crippen LogP contribution < -0.4 is 16.4 Å². The standard InChI is InChI=1S/C26H36FN5O6/c27-19-3-1-18(2-4-19)25(36)31-10-6-26(7-11-31)16-23(34)32-9-5-20(28)15-21(32)24(35)29-8-12-37-13-14-38-17-22(33)30-26/h1-4,20-21H,5-17,28H2,(H,29,35)(H,30,33)/t20-,21+/m1/s1. The summed E-state index contributed by atoms with van der Waals surface area (Å²) >= 11 is 0. The fourth-order valence-electron chi connectivity index (χ4n) is 5.27. The summed E-state index contributed by atoms with van der Waals surface area (Å²) in [5.74, 6) is -1.56. The van der Waals surface area contributed by atoms with Gasteiger partial charge in [-0.2, -0.15) is 0 Å². The molecule has 3 saturated heterocycles. The maximum atomic E-state index is 13.6. The molecule has 0 saturated carbocycles. The molecule has 4 rings (SSSR count). The highest BCUT2D eigenvalue weighted by Crippen LogP contribution is 2.29. The Morgan fingerprint density at radius 2 is 1.74 bits per heavy atom. The first-order valence-electron chi connectivity index (χ1n) is 13.1. The monoisotopic (exact) mass is 533 g/mol. The van der Waals surface area contributed by atoms with Crippen molar-refractivity contribution in [2.24, 2.45) is 5.73 Å². The number of piperidine rings is 2. The molecule has 1 aromatic carbocycles. The van der Waals surface area contributed by atoms with E-state index in [1.54, 1.807) is 9.80 Å². The summed E-state index contributed by atoms with van der Waals surface area (Å²) < 4.78 is 24.2. The van der Waals surface area contributed by atoms with Gasteiger partial charge in [-0.25, -0.2) is 4.39 Å². The molecular formula is C26H36FN5O6. The van der Waals surface area contributed by atoms with Crippen LogP contribution in [0, 0.1) is 5.82 Å². The summed E-state index contributed by atoms with van der Waals surface area (Å²) in [7, 11) is 0. The number of fused-ring (bicyclic) bond motifs is 1. The van der Waals surface area contributed by atoms with Crippen LogP contribution in [-0.2, 0) is 23.9 Å². The minimum atomic E-state index is -0.911. The molecule has 11 nitrogen and oxygen atoms in total. The lowest BCUT2D eigenvalue weighted by atomic mass is 9.82. The maximum Gasteiger partial charge on any atom is 0.253 e. The molecule has 12 heteroatoms. The zero-order valence-corrected chi connectivity index (χ0v) is 21.5. The molecule has 1 aromatic rings. The van der Waals surface area contributed by atoms with Crippen LogP contribution in [0.2, 0.25) is 0 Å². The molecule has 4 N–H and O–H groups in total. The topological polar surface area (TPSA) is 143 Å². The summed E-state index contributed by atoms with van der Waals surface area (Å²) in [6.07, 6.45) is 1.59. The highest BCUT2D eigenvalue weighted by atomic mass is 19.1. The van der Waals surface area contributed by atoms with E-state index in [9.17, 15) is 23.6 Å². The van der Waals surface area contributed by atoms with E-state index in [2.05, 4.69) is 10.6 Å². The van der Waals surface area contributed by atoms with Gasteiger partial charge in [-0.15, -0.1) is 0 Å². The normalized spacial score (nSPS) is 25.9. The summed E-state index contributed by atoms with van der Waals surface area (Å²) in [6, 6.07) is 4.46. The summed E-state index contributed by atoms with van der Waals surface area (Å²) in [5.41, 5.74) is 5.59. The molecule has 3 aliphatic heterocycles. The Morgan fingerprint density at radius 1 is 1.03 bits per heavy atom. The van der Waals surface area contributed by atoms with E-state index >= 15 is 0 Å². The zero-order chi connectivity index (χ0) is 27.1. The lowest BCUT2D eigenvalue weighted by Gasteiger charge is -2.44. The Hall–Kier alpha value is -3.09. The van der Waals surface area contributed by atoms with Crippen LogP contribution in [0.25, 0.3) is 0 Å². The number of hydrogen-bond donors (Lipinski definition) is 3. The number of ether oxygens (including phenoxy) is 2. The number of halogens is 1. The Labute approximate surface area is 221 Å². The van der Waals surface area contributed by atoms with E-state index in [1.807, 2.05) is 0 Å². The van der Waals surface area contributed by atoms with Crippen LogP contribution in [0.4, 0.5) is 4.39 Å². The third kappa shape index (κ3) is 7.06. The van der Waals surface area contributed by atoms with Gasteiger partial charge >= 0.3 is 0 Å². The van der Waals surface area contributed by atoms with Gasteiger partial charge in [0.05, 0.1) is 31.8 Å². The number of nitrogens with two attached hydrogens (primary N) is 1. The molecule has 3 aliphatic rings. The minimum Gasteiger partial charge on any atom is -0.377 e. The number of nitrogens with one attached hydrogen (secondary N) is 2. The van der Waals surface area contributed by atoms with Crippen LogP contribution in [0.1, 0.15) is 42.5 Å². The Kier molecular flexibility index (Phi) is 9.29. The molecular weight excluding hydrogens is 497 g/mol. The summed E-state index contributed by atoms with van der Waals surface area (Å²) in [6.45, 7) is 1.80. The smallest absolute Gasteiger partial charge is 0.253 e. The number of hydrogen-bond acceptors (Lipinski definition) is 7. The van der Waals surface area contributed by atoms with Crippen molar-refractivity contribution in [1.82, 2.24) is 20.4 Å². The van der Waals surface area contributed by atoms with Gasteiger partial charge in [-0.05, 0) is 49.9 Å². The molecule has 0 unspecified atom stereocenters. The maximum absolute atomic E-state index is 13.6. The van der Waals surface area contributed by atoms with E-state index in [0.717, 1.165) is 0 Å². The molecule has 38 heavy (non-hydrogen) atoms. The first-order chi connectivity index (χ1) is 18.3. The molecule has 0 bridgehead atoms. The number of likely N-dealkylation sites (tertiary alicyclic amines) is 1. The largest absolute Gasteiger partial charge is 0.377 e. The third-order valence-corrected chi connectivity index (χ3v) is 7.41. The highest BCUT2D eigenvalue weighted by molar-refractivity contribution is 5.94. The molecule has 3 heterocycles. The van der Waals surface area contributed by atoms with Gasteiger partial charge in [0, 0.05) is 37.8 Å². The Balaban J connectivity index is 1.51. The second-order valence-corrected chi connectivity index (χ2v) is 10.1. The van der Waals surface area contributed by atoms with Gasteiger partial charge in [0.1, 0.15) is 18.5 Å². The fourth-order valence-corrected chi connectivity index (χ4v) is 5.27. The van der Waals surface area contributed by atoms with Gasteiger partial charge < -0.3 is 35.6 Å². The van der Waals surface area contributed by atoms with E-state index in [-0.39, 0.29) is 69.1 Å².